The molecular formula is C16H19N3O. The van der Waals surface area contributed by atoms with Crippen LogP contribution >= 0.6 is 0 Å². The molecule has 0 atom stereocenters. The second-order valence-corrected chi connectivity index (χ2v) is 5.29. The van der Waals surface area contributed by atoms with Crippen molar-refractivity contribution in [2.45, 2.75) is 19.5 Å². The summed E-state index contributed by atoms with van der Waals surface area (Å²) in [6.07, 6.45) is 2.90. The van der Waals surface area contributed by atoms with Gasteiger partial charge in [-0.25, -0.2) is 0 Å². The van der Waals surface area contributed by atoms with Gasteiger partial charge in [0.25, 0.3) is 5.56 Å². The highest BCUT2D eigenvalue weighted by molar-refractivity contribution is 5.45. The fourth-order valence-corrected chi connectivity index (χ4v) is 2.72. The topological polar surface area (TPSA) is 51.3 Å². The maximum atomic E-state index is 11.7. The smallest absolute Gasteiger partial charge is 0.250 e. The average Bonchev–Trinajstić information content (AvgIpc) is 2.46. The zero-order valence-electron chi connectivity index (χ0n) is 11.5. The molecule has 0 saturated heterocycles. The molecule has 0 unspecified atom stereocenters. The van der Waals surface area contributed by atoms with E-state index in [0.717, 1.165) is 38.3 Å². The number of nitrogens with zero attached hydrogens (tertiary/aromatic N) is 2. The van der Waals surface area contributed by atoms with E-state index in [4.69, 9.17) is 5.73 Å². The largest absolute Gasteiger partial charge is 0.399 e. The lowest BCUT2D eigenvalue weighted by Gasteiger charge is -2.29. The van der Waals surface area contributed by atoms with E-state index >= 15 is 0 Å². The Kier molecular flexibility index (Phi) is 3.56. The maximum Gasteiger partial charge on any atom is 0.250 e. The Bertz CT molecular complexity index is 663. The van der Waals surface area contributed by atoms with Gasteiger partial charge in [-0.15, -0.1) is 0 Å². The second kappa shape index (κ2) is 5.51. The van der Waals surface area contributed by atoms with Crippen molar-refractivity contribution in [1.29, 1.82) is 0 Å². The molecule has 0 spiro atoms. The molecule has 0 saturated carbocycles. The molecule has 4 heteroatoms. The third kappa shape index (κ3) is 2.75. The summed E-state index contributed by atoms with van der Waals surface area (Å²) in [6, 6.07) is 11.4. The van der Waals surface area contributed by atoms with Crippen LogP contribution in [-0.4, -0.2) is 22.6 Å². The highest BCUT2D eigenvalue weighted by atomic mass is 16.1. The van der Waals surface area contributed by atoms with Gasteiger partial charge in [0.15, 0.2) is 0 Å². The lowest BCUT2D eigenvalue weighted by Crippen LogP contribution is -2.34. The molecule has 0 bridgehead atoms. The molecule has 1 aliphatic rings. The molecule has 0 aliphatic carbocycles. The van der Waals surface area contributed by atoms with E-state index in [1.807, 2.05) is 18.3 Å². The molecule has 0 amide bonds. The summed E-state index contributed by atoms with van der Waals surface area (Å²) in [5.74, 6) is 0. The van der Waals surface area contributed by atoms with Gasteiger partial charge in [-0.3, -0.25) is 9.69 Å². The minimum Gasteiger partial charge on any atom is -0.399 e. The fourth-order valence-electron chi connectivity index (χ4n) is 2.72. The van der Waals surface area contributed by atoms with E-state index in [0.29, 0.717) is 0 Å². The van der Waals surface area contributed by atoms with Crippen LogP contribution in [0.2, 0.25) is 0 Å². The van der Waals surface area contributed by atoms with Crippen LogP contribution in [0.1, 0.15) is 11.1 Å². The summed E-state index contributed by atoms with van der Waals surface area (Å²) >= 11 is 0. The number of fused-ring (bicyclic) bond motifs is 1. The molecule has 1 aromatic heterocycles. The van der Waals surface area contributed by atoms with Crippen molar-refractivity contribution < 1.29 is 0 Å². The van der Waals surface area contributed by atoms with E-state index in [2.05, 4.69) is 17.0 Å². The number of nitrogen functional groups attached to an aromatic ring is 1. The van der Waals surface area contributed by atoms with Gasteiger partial charge in [-0.05, 0) is 35.7 Å². The molecule has 4 nitrogen and oxygen atoms in total. The van der Waals surface area contributed by atoms with Crippen molar-refractivity contribution in [2.24, 2.45) is 0 Å². The van der Waals surface area contributed by atoms with Crippen molar-refractivity contribution >= 4 is 5.69 Å². The normalized spacial score (nSPS) is 15.0. The minimum absolute atomic E-state index is 0.0640. The molecule has 2 aromatic rings. The first-order valence-corrected chi connectivity index (χ1v) is 6.97. The summed E-state index contributed by atoms with van der Waals surface area (Å²) in [4.78, 5) is 14.0. The van der Waals surface area contributed by atoms with E-state index in [-0.39, 0.29) is 5.56 Å². The SMILES string of the molecule is Nc1ccc2c(c1)CN(CCn1ccccc1=O)CC2. The van der Waals surface area contributed by atoms with E-state index < -0.39 is 0 Å². The van der Waals surface area contributed by atoms with Crippen LogP contribution in [0.15, 0.2) is 47.4 Å². The standard InChI is InChI=1S/C16H19N3O/c17-15-5-4-13-6-8-18(12-14(13)11-15)9-10-19-7-2-1-3-16(19)20/h1-5,7,11H,6,8-10,12,17H2. The zero-order valence-corrected chi connectivity index (χ0v) is 11.5. The van der Waals surface area contributed by atoms with Crippen LogP contribution in [0, 0.1) is 0 Å². The van der Waals surface area contributed by atoms with Gasteiger partial charge in [0.05, 0.1) is 0 Å². The number of benzene rings is 1. The van der Waals surface area contributed by atoms with E-state index in [9.17, 15) is 4.79 Å². The molecule has 0 fully saturated rings. The highest BCUT2D eigenvalue weighted by Gasteiger charge is 2.15. The lowest BCUT2D eigenvalue weighted by atomic mass is 9.99. The van der Waals surface area contributed by atoms with Crippen LogP contribution < -0.4 is 11.3 Å². The van der Waals surface area contributed by atoms with Gasteiger partial charge in [-0.2, -0.15) is 0 Å². The summed E-state index contributed by atoms with van der Waals surface area (Å²) in [5, 5.41) is 0. The second-order valence-electron chi connectivity index (χ2n) is 5.29. The van der Waals surface area contributed by atoms with Crippen molar-refractivity contribution in [3.05, 3.63) is 64.1 Å². The maximum absolute atomic E-state index is 11.7. The average molecular weight is 269 g/mol. The third-order valence-corrected chi connectivity index (χ3v) is 3.88. The molecule has 1 aromatic carbocycles. The fraction of sp³-hybridized carbons (Fsp3) is 0.312. The van der Waals surface area contributed by atoms with Crippen LogP contribution in [-0.2, 0) is 19.5 Å². The molecule has 20 heavy (non-hydrogen) atoms. The Hall–Kier alpha value is -2.07. The van der Waals surface area contributed by atoms with E-state index in [1.165, 1.54) is 11.1 Å². The Labute approximate surface area is 118 Å². The first-order chi connectivity index (χ1) is 9.72. The molecular weight excluding hydrogens is 250 g/mol. The Morgan fingerprint density at radius 3 is 2.85 bits per heavy atom. The Balaban J connectivity index is 1.66. The highest BCUT2D eigenvalue weighted by Crippen LogP contribution is 2.21. The van der Waals surface area contributed by atoms with Crippen molar-refractivity contribution in [2.75, 3.05) is 18.8 Å². The zero-order chi connectivity index (χ0) is 13.9. The molecule has 104 valence electrons. The van der Waals surface area contributed by atoms with Crippen molar-refractivity contribution in [3.8, 4) is 0 Å². The van der Waals surface area contributed by atoms with Crippen LogP contribution in [0.4, 0.5) is 5.69 Å². The molecule has 3 rings (SSSR count). The Morgan fingerprint density at radius 1 is 1.10 bits per heavy atom. The predicted octanol–water partition coefficient (Wildman–Crippen LogP) is 1.49. The molecule has 0 radical (unpaired) electrons. The quantitative estimate of drug-likeness (QED) is 0.859. The van der Waals surface area contributed by atoms with Gasteiger partial charge in [0.1, 0.15) is 0 Å². The monoisotopic (exact) mass is 269 g/mol. The number of nitrogens with two attached hydrogens (primary N) is 1. The first kappa shape index (κ1) is 12.9. The van der Waals surface area contributed by atoms with Gasteiger partial charge in [0.2, 0.25) is 0 Å². The van der Waals surface area contributed by atoms with Gasteiger partial charge >= 0.3 is 0 Å². The number of aromatic nitrogens is 1. The van der Waals surface area contributed by atoms with Crippen molar-refractivity contribution in [1.82, 2.24) is 9.47 Å². The summed E-state index contributed by atoms with van der Waals surface area (Å²) in [5.41, 5.74) is 9.45. The van der Waals surface area contributed by atoms with Crippen LogP contribution in [0.25, 0.3) is 0 Å². The molecule has 1 aliphatic heterocycles. The number of pyridine rings is 1. The van der Waals surface area contributed by atoms with Crippen LogP contribution in [0.5, 0.6) is 0 Å². The summed E-state index contributed by atoms with van der Waals surface area (Å²) < 4.78 is 1.76. The van der Waals surface area contributed by atoms with Gasteiger partial charge in [-0.1, -0.05) is 12.1 Å². The number of hydrogen-bond acceptors (Lipinski definition) is 3. The Morgan fingerprint density at radius 2 is 2.00 bits per heavy atom. The number of hydrogen-bond donors (Lipinski definition) is 1. The predicted molar refractivity (Wildman–Crippen MR) is 80.5 cm³/mol. The summed E-state index contributed by atoms with van der Waals surface area (Å²) in [6.45, 7) is 3.58. The molecule has 2 N–H and O–H groups in total. The lowest BCUT2D eigenvalue weighted by molar-refractivity contribution is 0.243. The third-order valence-electron chi connectivity index (χ3n) is 3.88. The van der Waals surface area contributed by atoms with Gasteiger partial charge in [0, 0.05) is 44.1 Å². The van der Waals surface area contributed by atoms with E-state index in [1.54, 1.807) is 16.7 Å². The minimum atomic E-state index is 0.0640. The van der Waals surface area contributed by atoms with Gasteiger partial charge < -0.3 is 10.3 Å². The van der Waals surface area contributed by atoms with Crippen molar-refractivity contribution in [3.63, 3.8) is 0 Å². The molecule has 2 heterocycles. The summed E-state index contributed by atoms with van der Waals surface area (Å²) in [7, 11) is 0. The number of anilines is 1. The van der Waals surface area contributed by atoms with Crippen LogP contribution in [0.3, 0.4) is 0 Å². The first-order valence-electron chi connectivity index (χ1n) is 6.97. The number of rotatable bonds is 3.